The van der Waals surface area contributed by atoms with Gasteiger partial charge >= 0.3 is 5.97 Å². The number of rotatable bonds is 7. The van der Waals surface area contributed by atoms with Crippen LogP contribution in [0.15, 0.2) is 42.7 Å². The van der Waals surface area contributed by atoms with Crippen LogP contribution in [0.5, 0.6) is 0 Å². The molecule has 0 spiro atoms. The summed E-state index contributed by atoms with van der Waals surface area (Å²) in [5.74, 6) is 0.125. The highest BCUT2D eigenvalue weighted by Crippen LogP contribution is 2.29. The van der Waals surface area contributed by atoms with E-state index in [0.29, 0.717) is 18.1 Å². The maximum Gasteiger partial charge on any atom is 0.341 e. The van der Waals surface area contributed by atoms with Crippen molar-refractivity contribution in [3.05, 3.63) is 53.9 Å². The highest BCUT2D eigenvalue weighted by molar-refractivity contribution is 5.88. The summed E-state index contributed by atoms with van der Waals surface area (Å²) in [5.41, 5.74) is 1.31. The number of piperidine rings is 1. The molecule has 1 saturated heterocycles. The minimum atomic E-state index is -0.512. The lowest BCUT2D eigenvalue weighted by atomic mass is 9.88. The molecule has 0 amide bonds. The first kappa shape index (κ1) is 21.2. The minimum Gasteiger partial charge on any atom is -0.462 e. The van der Waals surface area contributed by atoms with Gasteiger partial charge in [-0.15, -0.1) is 0 Å². The van der Waals surface area contributed by atoms with E-state index in [1.807, 2.05) is 18.2 Å². The van der Waals surface area contributed by atoms with Gasteiger partial charge in [0.05, 0.1) is 12.2 Å². The highest BCUT2D eigenvalue weighted by atomic mass is 16.5. The number of aromatic nitrogens is 2. The van der Waals surface area contributed by atoms with Gasteiger partial charge in [-0.3, -0.25) is 4.90 Å². The van der Waals surface area contributed by atoms with Crippen molar-refractivity contribution in [2.24, 2.45) is 0 Å². The molecule has 1 aliphatic rings. The fraction of sp³-hybridized carbons (Fsp3) is 0.500. The predicted molar refractivity (Wildman–Crippen MR) is 112 cm³/mol. The zero-order chi connectivity index (χ0) is 20.9. The summed E-state index contributed by atoms with van der Waals surface area (Å²) >= 11 is 0. The lowest BCUT2D eigenvalue weighted by Gasteiger charge is -2.43. The second-order valence-corrected chi connectivity index (χ2v) is 7.85. The maximum atomic E-state index is 11.7. The largest absolute Gasteiger partial charge is 0.462 e. The molecular formula is C22H30N4O3. The average molecular weight is 399 g/mol. The molecule has 0 saturated carbocycles. The normalized spacial score (nSPS) is 18.6. The molecule has 1 fully saturated rings. The van der Waals surface area contributed by atoms with E-state index in [1.54, 1.807) is 6.92 Å². The molecule has 2 aromatic rings. The van der Waals surface area contributed by atoms with Crippen molar-refractivity contribution in [2.75, 3.05) is 25.0 Å². The van der Waals surface area contributed by atoms with E-state index in [-0.39, 0.29) is 11.5 Å². The third-order valence-electron chi connectivity index (χ3n) is 5.62. The van der Waals surface area contributed by atoms with Crippen LogP contribution in [0.4, 0.5) is 5.95 Å². The SMILES string of the molecule is CCOC(=O)c1cnc(NC2(C)CCN(C(O)C(C)c3ccccc3)CC2)nc1. The van der Waals surface area contributed by atoms with Crippen LogP contribution in [-0.2, 0) is 4.74 Å². The van der Waals surface area contributed by atoms with Crippen LogP contribution >= 0.6 is 0 Å². The van der Waals surface area contributed by atoms with Gasteiger partial charge in [-0.1, -0.05) is 37.3 Å². The number of hydrogen-bond donors (Lipinski definition) is 2. The average Bonchev–Trinajstić information content (AvgIpc) is 2.74. The Morgan fingerprint density at radius 3 is 2.45 bits per heavy atom. The summed E-state index contributed by atoms with van der Waals surface area (Å²) in [7, 11) is 0. The third-order valence-corrected chi connectivity index (χ3v) is 5.62. The molecule has 2 atom stereocenters. The molecule has 7 heteroatoms. The summed E-state index contributed by atoms with van der Waals surface area (Å²) in [5, 5.41) is 14.2. The van der Waals surface area contributed by atoms with E-state index in [1.165, 1.54) is 12.4 Å². The first-order chi connectivity index (χ1) is 13.9. The Balaban J connectivity index is 1.55. The molecule has 7 nitrogen and oxygen atoms in total. The number of benzene rings is 1. The smallest absolute Gasteiger partial charge is 0.341 e. The van der Waals surface area contributed by atoms with Gasteiger partial charge in [0.1, 0.15) is 6.23 Å². The number of carbonyl (C=O) groups excluding carboxylic acids is 1. The van der Waals surface area contributed by atoms with Crippen molar-refractivity contribution in [1.29, 1.82) is 0 Å². The molecule has 1 aromatic heterocycles. The molecule has 29 heavy (non-hydrogen) atoms. The van der Waals surface area contributed by atoms with Crippen molar-refractivity contribution in [3.8, 4) is 0 Å². The number of esters is 1. The van der Waals surface area contributed by atoms with Gasteiger partial charge in [-0.2, -0.15) is 0 Å². The van der Waals surface area contributed by atoms with Crippen LogP contribution in [0.2, 0.25) is 0 Å². The Morgan fingerprint density at radius 1 is 1.24 bits per heavy atom. The van der Waals surface area contributed by atoms with Gasteiger partial charge in [-0.05, 0) is 32.3 Å². The molecule has 2 unspecified atom stereocenters. The number of ether oxygens (including phenoxy) is 1. The van der Waals surface area contributed by atoms with Gasteiger partial charge in [0, 0.05) is 36.9 Å². The molecule has 0 radical (unpaired) electrons. The number of anilines is 1. The van der Waals surface area contributed by atoms with Crippen molar-refractivity contribution < 1.29 is 14.6 Å². The highest BCUT2D eigenvalue weighted by Gasteiger charge is 2.34. The second-order valence-electron chi connectivity index (χ2n) is 7.85. The summed E-state index contributed by atoms with van der Waals surface area (Å²) in [4.78, 5) is 22.4. The minimum absolute atomic E-state index is 0.0484. The van der Waals surface area contributed by atoms with Crippen molar-refractivity contribution in [1.82, 2.24) is 14.9 Å². The predicted octanol–water partition coefficient (Wildman–Crippen LogP) is 3.04. The summed E-state index contributed by atoms with van der Waals surface area (Å²) in [6.45, 7) is 7.85. The molecular weight excluding hydrogens is 368 g/mol. The Labute approximate surface area is 172 Å². The first-order valence-electron chi connectivity index (χ1n) is 10.2. The topological polar surface area (TPSA) is 87.6 Å². The lowest BCUT2D eigenvalue weighted by Crippen LogP contribution is -2.51. The van der Waals surface area contributed by atoms with Gasteiger partial charge in [0.15, 0.2) is 0 Å². The lowest BCUT2D eigenvalue weighted by molar-refractivity contribution is -0.0314. The Bertz CT molecular complexity index is 789. The van der Waals surface area contributed by atoms with E-state index in [4.69, 9.17) is 4.74 Å². The van der Waals surface area contributed by atoms with E-state index < -0.39 is 12.2 Å². The van der Waals surface area contributed by atoms with Crippen LogP contribution in [0.25, 0.3) is 0 Å². The standard InChI is InChI=1S/C22H30N4O3/c1-4-29-20(28)18-14-23-21(24-15-18)25-22(3)10-12-26(13-11-22)19(27)16(2)17-8-6-5-7-9-17/h5-9,14-16,19,27H,4,10-13H2,1-3H3,(H,23,24,25). The number of aliphatic hydroxyl groups is 1. The van der Waals surface area contributed by atoms with Crippen LogP contribution in [0, 0.1) is 0 Å². The molecule has 2 heterocycles. The van der Waals surface area contributed by atoms with Crippen LogP contribution in [-0.4, -0.2) is 57.4 Å². The Kier molecular flexibility index (Phi) is 6.82. The second kappa shape index (κ2) is 9.33. The zero-order valence-corrected chi connectivity index (χ0v) is 17.3. The van der Waals surface area contributed by atoms with Gasteiger partial charge in [0.2, 0.25) is 5.95 Å². The molecule has 2 N–H and O–H groups in total. The molecule has 0 bridgehead atoms. The van der Waals surface area contributed by atoms with Crippen molar-refractivity contribution in [2.45, 2.75) is 51.3 Å². The number of nitrogens with one attached hydrogen (secondary N) is 1. The number of carbonyl (C=O) groups is 1. The quantitative estimate of drug-likeness (QED) is 0.693. The molecule has 0 aliphatic carbocycles. The first-order valence-corrected chi connectivity index (χ1v) is 10.2. The van der Waals surface area contributed by atoms with E-state index in [2.05, 4.69) is 46.2 Å². The number of likely N-dealkylation sites (tertiary alicyclic amines) is 1. The van der Waals surface area contributed by atoms with Gasteiger partial charge in [-0.25, -0.2) is 14.8 Å². The zero-order valence-electron chi connectivity index (χ0n) is 17.3. The molecule has 3 rings (SSSR count). The van der Waals surface area contributed by atoms with E-state index >= 15 is 0 Å². The fourth-order valence-corrected chi connectivity index (χ4v) is 3.63. The van der Waals surface area contributed by atoms with Gasteiger partial charge in [0.25, 0.3) is 0 Å². The van der Waals surface area contributed by atoms with Gasteiger partial charge < -0.3 is 15.2 Å². The number of aliphatic hydroxyl groups excluding tert-OH is 1. The van der Waals surface area contributed by atoms with Crippen molar-refractivity contribution in [3.63, 3.8) is 0 Å². The van der Waals surface area contributed by atoms with Crippen molar-refractivity contribution >= 4 is 11.9 Å². The van der Waals surface area contributed by atoms with E-state index in [9.17, 15) is 9.90 Å². The molecule has 156 valence electrons. The maximum absolute atomic E-state index is 11.7. The Hall–Kier alpha value is -2.51. The third kappa shape index (κ3) is 5.31. The van der Waals surface area contributed by atoms with Crippen LogP contribution < -0.4 is 5.32 Å². The summed E-state index contributed by atoms with van der Waals surface area (Å²) < 4.78 is 4.95. The van der Waals surface area contributed by atoms with Crippen LogP contribution in [0.3, 0.4) is 0 Å². The fourth-order valence-electron chi connectivity index (χ4n) is 3.63. The number of nitrogens with zero attached hydrogens (tertiary/aromatic N) is 3. The molecule has 1 aliphatic heterocycles. The Morgan fingerprint density at radius 2 is 1.86 bits per heavy atom. The summed E-state index contributed by atoms with van der Waals surface area (Å²) in [6.07, 6.45) is 4.17. The van der Waals surface area contributed by atoms with E-state index in [0.717, 1.165) is 31.5 Å². The number of hydrogen-bond acceptors (Lipinski definition) is 7. The summed E-state index contributed by atoms with van der Waals surface area (Å²) in [6, 6.07) is 10.1. The monoisotopic (exact) mass is 398 g/mol. The molecule has 1 aromatic carbocycles. The van der Waals surface area contributed by atoms with Crippen LogP contribution in [0.1, 0.15) is 55.5 Å².